The molecule has 0 aromatic carbocycles. The lowest BCUT2D eigenvalue weighted by atomic mass is 10.0. The van der Waals surface area contributed by atoms with Gasteiger partial charge >= 0.3 is 25.7 Å². The molecule has 0 aliphatic heterocycles. The van der Waals surface area contributed by atoms with E-state index in [2.05, 4.69) is 57.2 Å². The average molecular weight is 927 g/mol. The van der Waals surface area contributed by atoms with Crippen molar-refractivity contribution in [3.63, 3.8) is 0 Å². The molecule has 3 atom stereocenters. The molecule has 0 heterocycles. The summed E-state index contributed by atoms with van der Waals surface area (Å²) in [7, 11) is -4.74. The van der Waals surface area contributed by atoms with Gasteiger partial charge in [0, 0.05) is 19.3 Å². The van der Waals surface area contributed by atoms with E-state index in [0.717, 1.165) is 77.0 Å². The summed E-state index contributed by atoms with van der Waals surface area (Å²) in [5, 5.41) is 9.76. The monoisotopic (exact) mass is 927 g/mol. The van der Waals surface area contributed by atoms with Gasteiger partial charge in [0.25, 0.3) is 0 Å². The highest BCUT2D eigenvalue weighted by molar-refractivity contribution is 7.47. The number of hydrogen-bond donors (Lipinski definition) is 2. The molecule has 12 heteroatoms. The first-order valence-corrected chi connectivity index (χ1v) is 27.4. The zero-order valence-corrected chi connectivity index (χ0v) is 41.9. The predicted octanol–water partition coefficient (Wildman–Crippen LogP) is 14.5. The van der Waals surface area contributed by atoms with Gasteiger partial charge in [-0.3, -0.25) is 23.4 Å². The van der Waals surface area contributed by atoms with Gasteiger partial charge in [-0.05, 0) is 51.4 Å². The van der Waals surface area contributed by atoms with Crippen LogP contribution in [0.2, 0.25) is 0 Å². The zero-order chi connectivity index (χ0) is 47.0. The topological polar surface area (TPSA) is 155 Å². The minimum Gasteiger partial charge on any atom is -0.462 e. The molecule has 0 amide bonds. The normalized spacial score (nSPS) is 13.8. The first-order valence-electron chi connectivity index (χ1n) is 25.9. The maximum absolute atomic E-state index is 12.8. The number of esters is 3. The van der Waals surface area contributed by atoms with Gasteiger partial charge in [-0.2, -0.15) is 0 Å². The molecule has 0 fully saturated rings. The van der Waals surface area contributed by atoms with E-state index in [1.165, 1.54) is 103 Å². The Bertz CT molecular complexity index is 1220. The molecule has 374 valence electrons. The van der Waals surface area contributed by atoms with Gasteiger partial charge in [-0.15, -0.1) is 0 Å². The fourth-order valence-corrected chi connectivity index (χ4v) is 7.92. The van der Waals surface area contributed by atoms with E-state index in [1.807, 2.05) is 0 Å². The molecule has 0 aliphatic rings. The molecule has 0 aromatic rings. The molecular weight excluding hydrogens is 832 g/mol. The van der Waals surface area contributed by atoms with E-state index >= 15 is 0 Å². The number of rotatable bonds is 48. The Balaban J connectivity index is 4.73. The predicted molar refractivity (Wildman–Crippen MR) is 261 cm³/mol. The van der Waals surface area contributed by atoms with Crippen LogP contribution in [-0.2, 0) is 42.2 Å². The number of phosphoric acid groups is 1. The second-order valence-corrected chi connectivity index (χ2v) is 18.8. The summed E-state index contributed by atoms with van der Waals surface area (Å²) in [5.41, 5.74) is 0. The number of ether oxygens (including phenoxy) is 3. The minimum absolute atomic E-state index is 0.136. The molecule has 3 unspecified atom stereocenters. The number of aliphatic hydroxyl groups excluding tert-OH is 1. The highest BCUT2D eigenvalue weighted by Crippen LogP contribution is 2.43. The fraction of sp³-hybridized carbons (Fsp3) is 0.827. The van der Waals surface area contributed by atoms with Crippen LogP contribution in [0.15, 0.2) is 36.5 Å². The van der Waals surface area contributed by atoms with Crippen molar-refractivity contribution in [2.24, 2.45) is 0 Å². The first-order chi connectivity index (χ1) is 31.2. The van der Waals surface area contributed by atoms with Crippen LogP contribution >= 0.6 is 7.82 Å². The van der Waals surface area contributed by atoms with Crippen LogP contribution in [0.3, 0.4) is 0 Å². The molecule has 0 aromatic heterocycles. The van der Waals surface area contributed by atoms with Crippen LogP contribution in [0.25, 0.3) is 0 Å². The molecule has 2 N–H and O–H groups in total. The standard InChI is InChI=1S/C52H95O11P/c1-4-7-10-13-16-19-22-24-27-30-33-36-39-42-51(55)62-48(44-53)46-60-64(57,58)61-47-49(45-59-50(54)41-38-35-32-29-26-21-18-15-12-9-6-3)63-52(56)43-40-37-34-31-28-25-23-20-17-14-11-8-5-2/h8,11,17,20,25,28,48-49,53H,4-7,9-10,12-16,18-19,21-24,26-27,29-47H2,1-3H3,(H,57,58)/b11-8-,20-17-,28-25-. The van der Waals surface area contributed by atoms with Gasteiger partial charge in [-0.25, -0.2) is 4.57 Å². The van der Waals surface area contributed by atoms with E-state index < -0.39 is 57.8 Å². The van der Waals surface area contributed by atoms with E-state index in [1.54, 1.807) is 0 Å². The Kier molecular flexibility index (Phi) is 45.5. The van der Waals surface area contributed by atoms with E-state index in [9.17, 15) is 28.9 Å². The molecule has 11 nitrogen and oxygen atoms in total. The second-order valence-electron chi connectivity index (χ2n) is 17.3. The summed E-state index contributed by atoms with van der Waals surface area (Å²) >= 11 is 0. The number of phosphoric ester groups is 1. The summed E-state index contributed by atoms with van der Waals surface area (Å²) in [5.74, 6) is -1.49. The summed E-state index contributed by atoms with van der Waals surface area (Å²) in [4.78, 5) is 48.2. The number of carbonyl (C=O) groups excluding carboxylic acids is 3. The third-order valence-corrected chi connectivity index (χ3v) is 12.0. The summed E-state index contributed by atoms with van der Waals surface area (Å²) in [6, 6.07) is 0. The molecule has 0 bridgehead atoms. The summed E-state index contributed by atoms with van der Waals surface area (Å²) in [6.07, 6.45) is 45.4. The van der Waals surface area contributed by atoms with Crippen molar-refractivity contribution in [1.82, 2.24) is 0 Å². The number of carbonyl (C=O) groups is 3. The van der Waals surface area contributed by atoms with Crippen LogP contribution in [-0.4, -0.2) is 66.5 Å². The van der Waals surface area contributed by atoms with Crippen molar-refractivity contribution in [3.8, 4) is 0 Å². The molecule has 0 radical (unpaired) electrons. The average Bonchev–Trinajstić information content (AvgIpc) is 3.28. The smallest absolute Gasteiger partial charge is 0.462 e. The quantitative estimate of drug-likeness (QED) is 0.0197. The lowest BCUT2D eigenvalue weighted by molar-refractivity contribution is -0.161. The molecule has 0 saturated heterocycles. The van der Waals surface area contributed by atoms with Crippen LogP contribution in [0, 0.1) is 0 Å². The Hall–Kier alpha value is -2.30. The lowest BCUT2D eigenvalue weighted by Crippen LogP contribution is -2.30. The van der Waals surface area contributed by atoms with Crippen molar-refractivity contribution >= 4 is 25.7 Å². The van der Waals surface area contributed by atoms with Crippen molar-refractivity contribution in [1.29, 1.82) is 0 Å². The highest BCUT2D eigenvalue weighted by Gasteiger charge is 2.28. The molecule has 0 aliphatic carbocycles. The molecule has 64 heavy (non-hydrogen) atoms. The third-order valence-electron chi connectivity index (χ3n) is 11.1. The van der Waals surface area contributed by atoms with E-state index in [0.29, 0.717) is 19.3 Å². The van der Waals surface area contributed by atoms with Crippen molar-refractivity contribution in [2.45, 2.75) is 251 Å². The van der Waals surface area contributed by atoms with Crippen LogP contribution in [0.4, 0.5) is 0 Å². The molecule has 0 rings (SSSR count). The van der Waals surface area contributed by atoms with Crippen LogP contribution < -0.4 is 0 Å². The van der Waals surface area contributed by atoms with Gasteiger partial charge in [0.2, 0.25) is 0 Å². The summed E-state index contributed by atoms with van der Waals surface area (Å²) < 4.78 is 39.3. The molecule has 0 saturated carbocycles. The Morgan fingerprint density at radius 3 is 1.25 bits per heavy atom. The van der Waals surface area contributed by atoms with E-state index in [4.69, 9.17) is 23.3 Å². The first kappa shape index (κ1) is 61.7. The number of hydrogen-bond acceptors (Lipinski definition) is 10. The Labute approximate surface area is 390 Å². The number of unbranched alkanes of at least 4 members (excludes halogenated alkanes) is 25. The van der Waals surface area contributed by atoms with Gasteiger partial charge < -0.3 is 24.2 Å². The zero-order valence-electron chi connectivity index (χ0n) is 41.0. The van der Waals surface area contributed by atoms with Gasteiger partial charge in [0.1, 0.15) is 12.7 Å². The van der Waals surface area contributed by atoms with Crippen molar-refractivity contribution in [2.75, 3.05) is 26.4 Å². The van der Waals surface area contributed by atoms with Gasteiger partial charge in [-0.1, -0.05) is 205 Å². The molecular formula is C52H95O11P. The fourth-order valence-electron chi connectivity index (χ4n) is 7.14. The second kappa shape index (κ2) is 47.2. The Morgan fingerprint density at radius 1 is 0.453 bits per heavy atom. The van der Waals surface area contributed by atoms with E-state index in [-0.39, 0.29) is 25.9 Å². The van der Waals surface area contributed by atoms with Crippen molar-refractivity contribution < 1.29 is 52.2 Å². The number of aliphatic hydroxyl groups is 1. The van der Waals surface area contributed by atoms with Gasteiger partial charge in [0.15, 0.2) is 6.10 Å². The highest BCUT2D eigenvalue weighted by atomic mass is 31.2. The largest absolute Gasteiger partial charge is 0.472 e. The lowest BCUT2D eigenvalue weighted by Gasteiger charge is -2.21. The third kappa shape index (κ3) is 44.9. The molecule has 0 spiro atoms. The maximum Gasteiger partial charge on any atom is 0.472 e. The number of allylic oxidation sites excluding steroid dienone is 6. The maximum atomic E-state index is 12.8. The SMILES string of the molecule is CC/C=C\C/C=C\C/C=C\CCCCCC(=O)OC(COC(=O)CCCCCCCCCCCCC)COP(=O)(O)OCC(CO)OC(=O)CCCCCCCCCCCCCCC. The van der Waals surface area contributed by atoms with Crippen LogP contribution in [0.1, 0.15) is 239 Å². The van der Waals surface area contributed by atoms with Crippen LogP contribution in [0.5, 0.6) is 0 Å². The summed E-state index contributed by atoms with van der Waals surface area (Å²) in [6.45, 7) is 4.49. The Morgan fingerprint density at radius 2 is 0.812 bits per heavy atom. The van der Waals surface area contributed by atoms with Gasteiger partial charge in [0.05, 0.1) is 19.8 Å². The minimum atomic E-state index is -4.74. The van der Waals surface area contributed by atoms with Crippen molar-refractivity contribution in [3.05, 3.63) is 36.5 Å².